The van der Waals surface area contributed by atoms with Crippen LogP contribution in [0, 0.1) is 0 Å². The molecule has 2 aromatic heterocycles. The van der Waals surface area contributed by atoms with Gasteiger partial charge in [0.15, 0.2) is 0 Å². The zero-order chi connectivity index (χ0) is 19.4. The van der Waals surface area contributed by atoms with Crippen molar-refractivity contribution in [1.29, 1.82) is 0 Å². The summed E-state index contributed by atoms with van der Waals surface area (Å²) in [5.41, 5.74) is 2.03. The number of benzene rings is 1. The molecule has 0 aliphatic carbocycles. The summed E-state index contributed by atoms with van der Waals surface area (Å²) in [6.45, 7) is 1.72. The van der Waals surface area contributed by atoms with Gasteiger partial charge in [0, 0.05) is 30.2 Å². The van der Waals surface area contributed by atoms with E-state index in [4.69, 9.17) is 0 Å². The van der Waals surface area contributed by atoms with Crippen molar-refractivity contribution in [3.05, 3.63) is 59.7 Å². The first kappa shape index (κ1) is 19.0. The van der Waals surface area contributed by atoms with E-state index < -0.39 is 10.0 Å². The fourth-order valence-corrected chi connectivity index (χ4v) is 5.46. The predicted octanol–water partition coefficient (Wildman–Crippen LogP) is 3.99. The van der Waals surface area contributed by atoms with Crippen LogP contribution in [0.4, 0.5) is 5.82 Å². The van der Waals surface area contributed by atoms with Crippen LogP contribution < -0.4 is 5.32 Å². The fourth-order valence-electron chi connectivity index (χ4n) is 3.17. The molecule has 0 bridgehead atoms. The van der Waals surface area contributed by atoms with Crippen molar-refractivity contribution in [1.82, 2.24) is 14.3 Å². The van der Waals surface area contributed by atoms with Crippen LogP contribution in [0.3, 0.4) is 0 Å². The molecule has 0 unspecified atom stereocenters. The Hall–Kier alpha value is -2.29. The maximum atomic E-state index is 12.7. The van der Waals surface area contributed by atoms with Crippen LogP contribution in [-0.2, 0) is 16.6 Å². The van der Waals surface area contributed by atoms with Crippen LogP contribution in [0.2, 0.25) is 0 Å². The van der Waals surface area contributed by atoms with Gasteiger partial charge in [0.25, 0.3) is 0 Å². The number of thiazole rings is 1. The molecule has 1 N–H and O–H groups in total. The molecule has 3 heterocycles. The van der Waals surface area contributed by atoms with Crippen molar-refractivity contribution >= 4 is 27.2 Å². The van der Waals surface area contributed by atoms with Crippen LogP contribution in [0.15, 0.2) is 58.9 Å². The number of nitrogens with one attached hydrogen (secondary N) is 1. The lowest BCUT2D eigenvalue weighted by molar-refractivity contribution is 0.346. The molecule has 28 heavy (non-hydrogen) atoms. The van der Waals surface area contributed by atoms with Crippen LogP contribution in [0.5, 0.6) is 0 Å². The van der Waals surface area contributed by atoms with E-state index in [1.165, 1.54) is 6.20 Å². The summed E-state index contributed by atoms with van der Waals surface area (Å²) in [5, 5.41) is 6.21. The lowest BCUT2D eigenvalue weighted by Crippen LogP contribution is -2.35. The average Bonchev–Trinajstić information content (AvgIpc) is 3.23. The number of hydrogen-bond acceptors (Lipinski definition) is 6. The summed E-state index contributed by atoms with van der Waals surface area (Å²) >= 11 is 1.60. The molecule has 0 amide bonds. The van der Waals surface area contributed by atoms with Gasteiger partial charge in [-0.05, 0) is 25.0 Å². The number of nitrogens with zero attached hydrogens (tertiary/aromatic N) is 3. The third-order valence-corrected chi connectivity index (χ3v) is 7.53. The summed E-state index contributed by atoms with van der Waals surface area (Å²) in [6, 6.07) is 13.4. The Labute approximate surface area is 169 Å². The number of anilines is 1. The first-order valence-electron chi connectivity index (χ1n) is 9.33. The molecule has 0 radical (unpaired) electrons. The van der Waals surface area contributed by atoms with Gasteiger partial charge in [-0.1, -0.05) is 36.8 Å². The van der Waals surface area contributed by atoms with Crippen LogP contribution in [0.1, 0.15) is 25.0 Å². The highest BCUT2D eigenvalue weighted by Gasteiger charge is 2.26. The first-order valence-corrected chi connectivity index (χ1v) is 11.6. The second kappa shape index (κ2) is 8.38. The minimum atomic E-state index is -3.44. The van der Waals surface area contributed by atoms with Gasteiger partial charge in [-0.3, -0.25) is 0 Å². The minimum absolute atomic E-state index is 0.250. The average molecular weight is 415 g/mol. The molecule has 146 valence electrons. The van der Waals surface area contributed by atoms with Crippen LogP contribution in [-0.4, -0.2) is 35.8 Å². The second-order valence-corrected chi connectivity index (χ2v) is 9.50. The number of rotatable bonds is 6. The van der Waals surface area contributed by atoms with Crippen molar-refractivity contribution in [2.75, 3.05) is 18.4 Å². The maximum absolute atomic E-state index is 12.7. The largest absolute Gasteiger partial charge is 0.364 e. The Morgan fingerprint density at radius 3 is 2.54 bits per heavy atom. The second-order valence-electron chi connectivity index (χ2n) is 6.71. The molecule has 4 rings (SSSR count). The molecule has 6 nitrogen and oxygen atoms in total. The molecule has 0 spiro atoms. The number of sulfonamides is 1. The normalized spacial score (nSPS) is 15.4. The van der Waals surface area contributed by atoms with Gasteiger partial charge in [0.05, 0.1) is 12.2 Å². The Bertz CT molecular complexity index is 1010. The summed E-state index contributed by atoms with van der Waals surface area (Å²) < 4.78 is 26.9. The molecular weight excluding hydrogens is 392 g/mol. The molecule has 8 heteroatoms. The van der Waals surface area contributed by atoms with Gasteiger partial charge in [0.1, 0.15) is 15.7 Å². The van der Waals surface area contributed by atoms with Crippen molar-refractivity contribution < 1.29 is 8.42 Å². The van der Waals surface area contributed by atoms with Gasteiger partial charge < -0.3 is 5.32 Å². The molecule has 0 atom stereocenters. The Morgan fingerprint density at radius 2 is 1.82 bits per heavy atom. The fraction of sp³-hybridized carbons (Fsp3) is 0.300. The molecule has 1 aromatic carbocycles. The van der Waals surface area contributed by atoms with E-state index >= 15 is 0 Å². The smallest absolute Gasteiger partial charge is 0.244 e. The standard InChI is InChI=1S/C20H22N4O2S2/c25-28(26,24-11-5-2-6-12-24)18-9-10-19(22-14-18)21-13-17-15-27-20(23-17)16-7-3-1-4-8-16/h1,3-4,7-10,14-15H,2,5-6,11-13H2,(H,21,22). The summed E-state index contributed by atoms with van der Waals surface area (Å²) in [5.74, 6) is 0.631. The molecule has 0 saturated carbocycles. The Balaban J connectivity index is 1.39. The van der Waals surface area contributed by atoms with Gasteiger partial charge in [-0.25, -0.2) is 18.4 Å². The number of pyridine rings is 1. The molecule has 1 saturated heterocycles. The first-order chi connectivity index (χ1) is 13.6. The highest BCUT2D eigenvalue weighted by molar-refractivity contribution is 7.89. The zero-order valence-electron chi connectivity index (χ0n) is 15.4. The van der Waals surface area contributed by atoms with Crippen molar-refractivity contribution in [3.63, 3.8) is 0 Å². The summed E-state index contributed by atoms with van der Waals surface area (Å²) in [6.07, 6.45) is 4.37. The SMILES string of the molecule is O=S(=O)(c1ccc(NCc2csc(-c3ccccc3)n2)nc1)N1CCCCC1. The van der Waals surface area contributed by atoms with E-state index in [9.17, 15) is 8.42 Å². The maximum Gasteiger partial charge on any atom is 0.244 e. The third kappa shape index (κ3) is 4.24. The lowest BCUT2D eigenvalue weighted by Gasteiger charge is -2.25. The van der Waals surface area contributed by atoms with Crippen LogP contribution in [0.25, 0.3) is 10.6 Å². The van der Waals surface area contributed by atoms with E-state index in [0.717, 1.165) is 35.5 Å². The van der Waals surface area contributed by atoms with Crippen molar-refractivity contribution in [2.45, 2.75) is 30.7 Å². The third-order valence-electron chi connectivity index (χ3n) is 4.71. The van der Waals surface area contributed by atoms with Crippen molar-refractivity contribution in [3.8, 4) is 10.6 Å². The van der Waals surface area contributed by atoms with Gasteiger partial charge in [-0.15, -0.1) is 11.3 Å². The highest BCUT2D eigenvalue weighted by atomic mass is 32.2. The van der Waals surface area contributed by atoms with Crippen LogP contribution >= 0.6 is 11.3 Å². The van der Waals surface area contributed by atoms with E-state index in [0.29, 0.717) is 25.5 Å². The minimum Gasteiger partial charge on any atom is -0.364 e. The molecular formula is C20H22N4O2S2. The molecule has 1 aliphatic rings. The number of hydrogen-bond donors (Lipinski definition) is 1. The number of piperidine rings is 1. The van der Waals surface area contributed by atoms with E-state index in [2.05, 4.69) is 15.3 Å². The van der Waals surface area contributed by atoms with Gasteiger partial charge in [0.2, 0.25) is 10.0 Å². The Kier molecular flexibility index (Phi) is 5.70. The molecule has 3 aromatic rings. The monoisotopic (exact) mass is 414 g/mol. The Morgan fingerprint density at radius 1 is 1.04 bits per heavy atom. The zero-order valence-corrected chi connectivity index (χ0v) is 17.0. The highest BCUT2D eigenvalue weighted by Crippen LogP contribution is 2.24. The van der Waals surface area contributed by atoms with Gasteiger partial charge >= 0.3 is 0 Å². The van der Waals surface area contributed by atoms with E-state index in [1.807, 2.05) is 35.7 Å². The van der Waals surface area contributed by atoms with E-state index in [1.54, 1.807) is 27.8 Å². The predicted molar refractivity (Wildman–Crippen MR) is 112 cm³/mol. The number of aromatic nitrogens is 2. The summed E-state index contributed by atoms with van der Waals surface area (Å²) in [7, 11) is -3.44. The summed E-state index contributed by atoms with van der Waals surface area (Å²) in [4.78, 5) is 9.17. The van der Waals surface area contributed by atoms with Crippen molar-refractivity contribution in [2.24, 2.45) is 0 Å². The van der Waals surface area contributed by atoms with Gasteiger partial charge in [-0.2, -0.15) is 4.31 Å². The quantitative estimate of drug-likeness (QED) is 0.660. The van der Waals surface area contributed by atoms with E-state index in [-0.39, 0.29) is 4.90 Å². The lowest BCUT2D eigenvalue weighted by atomic mass is 10.2. The molecule has 1 aliphatic heterocycles. The molecule has 1 fully saturated rings. The topological polar surface area (TPSA) is 75.2 Å².